The van der Waals surface area contributed by atoms with Gasteiger partial charge in [-0.3, -0.25) is 0 Å². The van der Waals surface area contributed by atoms with Crippen molar-refractivity contribution in [3.63, 3.8) is 0 Å². The maximum atomic E-state index is 8.66. The molecular formula is C14H12BrClN4. The van der Waals surface area contributed by atoms with E-state index in [1.54, 1.807) is 6.08 Å². The highest BCUT2D eigenvalue weighted by molar-refractivity contribution is 9.10. The summed E-state index contributed by atoms with van der Waals surface area (Å²) in [7, 11) is 0. The fraction of sp³-hybridized carbons (Fsp3) is 0.214. The van der Waals surface area contributed by atoms with Gasteiger partial charge in [0.1, 0.15) is 5.15 Å². The topological polar surface area (TPSA) is 61.7 Å². The molecule has 1 aromatic carbocycles. The summed E-state index contributed by atoms with van der Waals surface area (Å²) < 4.78 is 1.00. The van der Waals surface area contributed by atoms with Crippen molar-refractivity contribution in [1.29, 1.82) is 0 Å². The molecule has 0 saturated heterocycles. The van der Waals surface area contributed by atoms with Crippen molar-refractivity contribution in [2.24, 2.45) is 5.11 Å². The summed E-state index contributed by atoms with van der Waals surface area (Å²) in [5.41, 5.74) is 11.3. The number of nitrogens with zero attached hydrogens (tertiary/aromatic N) is 4. The van der Waals surface area contributed by atoms with E-state index in [0.717, 1.165) is 20.9 Å². The van der Waals surface area contributed by atoms with Gasteiger partial charge in [-0.1, -0.05) is 38.7 Å². The van der Waals surface area contributed by atoms with Crippen molar-refractivity contribution in [2.75, 3.05) is 0 Å². The van der Waals surface area contributed by atoms with E-state index in [2.05, 4.69) is 37.5 Å². The summed E-state index contributed by atoms with van der Waals surface area (Å²) in [5.74, 6) is 0. The third kappa shape index (κ3) is 2.96. The Balaban J connectivity index is 2.64. The number of hydrogen-bond donors (Lipinski definition) is 0. The second kappa shape index (κ2) is 6.27. The third-order valence-corrected chi connectivity index (χ3v) is 4.17. The average molecular weight is 352 g/mol. The highest BCUT2D eigenvalue weighted by Gasteiger charge is 2.14. The van der Waals surface area contributed by atoms with Crippen LogP contribution in [0.15, 0.2) is 40.4 Å². The zero-order chi connectivity index (χ0) is 14.7. The molecule has 0 aliphatic rings. The Labute approximate surface area is 130 Å². The molecule has 0 bridgehead atoms. The van der Waals surface area contributed by atoms with Crippen LogP contribution in [0.5, 0.6) is 0 Å². The summed E-state index contributed by atoms with van der Waals surface area (Å²) >= 11 is 9.72. The molecule has 1 unspecified atom stereocenters. The predicted molar refractivity (Wildman–Crippen MR) is 85.9 cm³/mol. The first-order valence-corrected chi connectivity index (χ1v) is 7.15. The van der Waals surface area contributed by atoms with Gasteiger partial charge < -0.3 is 0 Å². The molecule has 1 heterocycles. The van der Waals surface area contributed by atoms with E-state index in [1.165, 1.54) is 0 Å². The lowest BCUT2D eigenvalue weighted by Gasteiger charge is -2.12. The van der Waals surface area contributed by atoms with E-state index in [9.17, 15) is 0 Å². The van der Waals surface area contributed by atoms with Gasteiger partial charge in [0, 0.05) is 14.8 Å². The smallest absolute Gasteiger partial charge is 0.133 e. The molecule has 0 radical (unpaired) electrons. The Kier molecular flexibility index (Phi) is 4.65. The maximum absolute atomic E-state index is 8.66. The van der Waals surface area contributed by atoms with Crippen LogP contribution in [0.1, 0.15) is 23.6 Å². The fourth-order valence-electron chi connectivity index (χ4n) is 1.98. The Hall–Kier alpha value is -1.55. The van der Waals surface area contributed by atoms with Crippen molar-refractivity contribution < 1.29 is 0 Å². The van der Waals surface area contributed by atoms with Gasteiger partial charge in [-0.25, -0.2) is 4.98 Å². The lowest BCUT2D eigenvalue weighted by atomic mass is 10.0. The Morgan fingerprint density at radius 3 is 2.95 bits per heavy atom. The minimum absolute atomic E-state index is 0.360. The molecule has 0 fully saturated rings. The normalized spacial score (nSPS) is 11.9. The van der Waals surface area contributed by atoms with Crippen molar-refractivity contribution in [1.82, 2.24) is 4.98 Å². The van der Waals surface area contributed by atoms with Crippen molar-refractivity contribution in [2.45, 2.75) is 19.4 Å². The molecule has 102 valence electrons. The summed E-state index contributed by atoms with van der Waals surface area (Å²) in [5, 5.41) is 5.07. The zero-order valence-electron chi connectivity index (χ0n) is 10.8. The monoisotopic (exact) mass is 350 g/mol. The summed E-state index contributed by atoms with van der Waals surface area (Å²) in [6.45, 7) is 5.67. The van der Waals surface area contributed by atoms with E-state index in [0.29, 0.717) is 17.1 Å². The summed E-state index contributed by atoms with van der Waals surface area (Å²) in [6, 6.07) is 5.48. The van der Waals surface area contributed by atoms with Crippen molar-refractivity contribution in [3.8, 4) is 0 Å². The summed E-state index contributed by atoms with van der Waals surface area (Å²) in [6.07, 6.45) is 2.22. The lowest BCUT2D eigenvalue weighted by Crippen LogP contribution is -1.97. The molecule has 1 atom stereocenters. The first-order chi connectivity index (χ1) is 9.56. The van der Waals surface area contributed by atoms with Gasteiger partial charge in [0.15, 0.2) is 0 Å². The van der Waals surface area contributed by atoms with Crippen LogP contribution in [0.3, 0.4) is 0 Å². The van der Waals surface area contributed by atoms with Gasteiger partial charge in [0.25, 0.3) is 0 Å². The molecule has 0 amide bonds. The first-order valence-electron chi connectivity index (χ1n) is 5.98. The van der Waals surface area contributed by atoms with Gasteiger partial charge >= 0.3 is 0 Å². The van der Waals surface area contributed by atoms with Crippen LogP contribution in [0, 0.1) is 6.92 Å². The molecule has 2 rings (SSSR count). The molecule has 1 aromatic heterocycles. The molecule has 0 N–H and O–H groups in total. The van der Waals surface area contributed by atoms with Crippen LogP contribution in [-0.4, -0.2) is 4.98 Å². The molecule has 2 aromatic rings. The second-order valence-corrected chi connectivity index (χ2v) is 5.62. The molecule has 0 saturated carbocycles. The third-order valence-electron chi connectivity index (χ3n) is 3.02. The van der Waals surface area contributed by atoms with Gasteiger partial charge in [-0.15, -0.1) is 6.58 Å². The van der Waals surface area contributed by atoms with Crippen molar-refractivity contribution >= 4 is 38.4 Å². The minimum Gasteiger partial charge on any atom is -0.236 e. The number of azide groups is 1. The molecule has 0 spiro atoms. The molecular weight excluding hydrogens is 340 g/mol. The van der Waals surface area contributed by atoms with E-state index in [1.807, 2.05) is 25.1 Å². The van der Waals surface area contributed by atoms with Gasteiger partial charge in [0.05, 0.1) is 11.6 Å². The average Bonchev–Trinajstić information content (AvgIpc) is 2.40. The maximum Gasteiger partial charge on any atom is 0.133 e. The van der Waals surface area contributed by atoms with Gasteiger partial charge in [-0.05, 0) is 48.2 Å². The number of aromatic nitrogens is 1. The number of hydrogen-bond acceptors (Lipinski definition) is 2. The Morgan fingerprint density at radius 1 is 1.55 bits per heavy atom. The van der Waals surface area contributed by atoms with Gasteiger partial charge in [-0.2, -0.15) is 0 Å². The summed E-state index contributed by atoms with van der Waals surface area (Å²) in [4.78, 5) is 7.26. The standard InChI is InChI=1S/C14H12BrClN4/c1-3-4-12(19-20-17)10-6-9-7-11(15)8(2)5-13(9)18-14(10)16/h3,5-7,12H,1,4H2,2H3. The van der Waals surface area contributed by atoms with Crippen LogP contribution in [0.25, 0.3) is 21.3 Å². The van der Waals surface area contributed by atoms with Crippen LogP contribution in [0.4, 0.5) is 0 Å². The quantitative estimate of drug-likeness (QED) is 0.223. The van der Waals surface area contributed by atoms with E-state index >= 15 is 0 Å². The number of aryl methyl sites for hydroxylation is 1. The highest BCUT2D eigenvalue weighted by Crippen LogP contribution is 2.32. The second-order valence-electron chi connectivity index (χ2n) is 4.41. The van der Waals surface area contributed by atoms with Crippen LogP contribution < -0.4 is 0 Å². The number of rotatable bonds is 4. The lowest BCUT2D eigenvalue weighted by molar-refractivity contribution is 0.732. The predicted octanol–water partition coefficient (Wildman–Crippen LogP) is 5.89. The van der Waals surface area contributed by atoms with Crippen LogP contribution >= 0.6 is 27.5 Å². The molecule has 4 nitrogen and oxygen atoms in total. The molecule has 6 heteroatoms. The zero-order valence-corrected chi connectivity index (χ0v) is 13.2. The Morgan fingerprint density at radius 2 is 2.30 bits per heavy atom. The van der Waals surface area contributed by atoms with Crippen LogP contribution in [0.2, 0.25) is 5.15 Å². The highest BCUT2D eigenvalue weighted by atomic mass is 79.9. The minimum atomic E-state index is -0.387. The van der Waals surface area contributed by atoms with Gasteiger partial charge in [0.2, 0.25) is 0 Å². The van der Waals surface area contributed by atoms with Crippen molar-refractivity contribution in [3.05, 3.63) is 62.0 Å². The molecule has 20 heavy (non-hydrogen) atoms. The Bertz CT molecular complexity index is 723. The van der Waals surface area contributed by atoms with Crippen LogP contribution in [-0.2, 0) is 0 Å². The van der Waals surface area contributed by atoms with E-state index in [4.69, 9.17) is 17.1 Å². The number of benzene rings is 1. The molecule has 0 aliphatic heterocycles. The fourth-order valence-corrected chi connectivity index (χ4v) is 2.61. The number of pyridine rings is 1. The molecule has 0 aliphatic carbocycles. The van der Waals surface area contributed by atoms with E-state index in [-0.39, 0.29) is 6.04 Å². The number of fused-ring (bicyclic) bond motifs is 1. The SMILES string of the molecule is C=CCC(N=[N+]=[N-])c1cc2cc(Br)c(C)cc2nc1Cl. The van der Waals surface area contributed by atoms with E-state index < -0.39 is 0 Å². The largest absolute Gasteiger partial charge is 0.236 e. The first kappa shape index (κ1) is 14.9. The number of halogens is 2.